The number of pyridine rings is 1. The maximum atomic E-state index is 9.00. The highest BCUT2D eigenvalue weighted by Crippen LogP contribution is 2.31. The van der Waals surface area contributed by atoms with E-state index in [1.807, 2.05) is 6.07 Å². The van der Waals surface area contributed by atoms with Crippen molar-refractivity contribution in [2.45, 2.75) is 0 Å². The van der Waals surface area contributed by atoms with Crippen molar-refractivity contribution in [3.05, 3.63) is 42.2 Å². The highest BCUT2D eigenvalue weighted by molar-refractivity contribution is 5.72. The van der Waals surface area contributed by atoms with Crippen LogP contribution in [0.25, 0.3) is 11.1 Å². The number of aromatic nitrogens is 1. The lowest BCUT2D eigenvalue weighted by molar-refractivity contribution is 0.413. The number of rotatable bonds is 3. The first-order valence-corrected chi connectivity index (χ1v) is 5.36. The Balaban J connectivity index is 2.60. The minimum atomic E-state index is 0.537. The molecule has 0 aliphatic carbocycles. The van der Waals surface area contributed by atoms with Crippen LogP contribution in [0.5, 0.6) is 11.5 Å². The molecule has 0 spiro atoms. The molecule has 0 N–H and O–H groups in total. The van der Waals surface area contributed by atoms with E-state index in [1.165, 1.54) is 0 Å². The lowest BCUT2D eigenvalue weighted by atomic mass is 10.0. The molecule has 0 radical (unpaired) electrons. The van der Waals surface area contributed by atoms with Crippen molar-refractivity contribution >= 4 is 0 Å². The first kappa shape index (κ1) is 11.9. The van der Waals surface area contributed by atoms with Crippen LogP contribution in [0.1, 0.15) is 5.56 Å². The fourth-order valence-electron chi connectivity index (χ4n) is 1.71. The molecule has 1 aromatic carbocycles. The Morgan fingerprint density at radius 3 is 2.67 bits per heavy atom. The van der Waals surface area contributed by atoms with Crippen LogP contribution in [-0.4, -0.2) is 19.2 Å². The lowest BCUT2D eigenvalue weighted by Gasteiger charge is -2.09. The van der Waals surface area contributed by atoms with Gasteiger partial charge in [0.2, 0.25) is 0 Å². The maximum absolute atomic E-state index is 9.00. The van der Waals surface area contributed by atoms with E-state index in [1.54, 1.807) is 44.8 Å². The molecule has 0 unspecified atom stereocenters. The zero-order valence-corrected chi connectivity index (χ0v) is 10.2. The average molecular weight is 240 g/mol. The summed E-state index contributed by atoms with van der Waals surface area (Å²) >= 11 is 0. The van der Waals surface area contributed by atoms with E-state index in [2.05, 4.69) is 11.1 Å². The number of methoxy groups -OCH3 is 2. The molecule has 4 heteroatoms. The summed E-state index contributed by atoms with van der Waals surface area (Å²) in [5, 5.41) is 9.00. The third-order valence-electron chi connectivity index (χ3n) is 2.58. The lowest BCUT2D eigenvalue weighted by Crippen LogP contribution is -1.91. The molecule has 2 rings (SSSR count). The molecule has 1 aromatic heterocycles. The molecule has 0 amide bonds. The van der Waals surface area contributed by atoms with Crippen LogP contribution in [0.4, 0.5) is 0 Å². The van der Waals surface area contributed by atoms with Crippen LogP contribution >= 0.6 is 0 Å². The fourth-order valence-corrected chi connectivity index (χ4v) is 1.71. The molecule has 90 valence electrons. The number of nitrogens with zero attached hydrogens (tertiary/aromatic N) is 2. The molecular formula is C14H12N2O2. The molecule has 4 nitrogen and oxygen atoms in total. The number of nitriles is 1. The van der Waals surface area contributed by atoms with Crippen LogP contribution in [0.3, 0.4) is 0 Å². The van der Waals surface area contributed by atoms with Crippen LogP contribution in [0.2, 0.25) is 0 Å². The molecule has 1 heterocycles. The Morgan fingerprint density at radius 2 is 2.00 bits per heavy atom. The topological polar surface area (TPSA) is 55.1 Å². The smallest absolute Gasteiger partial charge is 0.129 e. The molecule has 2 aromatic rings. The quantitative estimate of drug-likeness (QED) is 0.827. The highest BCUT2D eigenvalue weighted by atomic mass is 16.5. The summed E-state index contributed by atoms with van der Waals surface area (Å²) in [7, 11) is 3.17. The summed E-state index contributed by atoms with van der Waals surface area (Å²) in [5.41, 5.74) is 2.21. The van der Waals surface area contributed by atoms with Gasteiger partial charge in [-0.2, -0.15) is 5.26 Å². The number of hydrogen-bond acceptors (Lipinski definition) is 4. The fraction of sp³-hybridized carbons (Fsp3) is 0.143. The van der Waals surface area contributed by atoms with E-state index in [0.717, 1.165) is 11.1 Å². The SMILES string of the molecule is COc1cc(C#N)cc(-c2cnccc2OC)c1. The zero-order valence-electron chi connectivity index (χ0n) is 10.2. The van der Waals surface area contributed by atoms with E-state index in [9.17, 15) is 0 Å². The van der Waals surface area contributed by atoms with Gasteiger partial charge in [0.05, 0.1) is 25.9 Å². The molecule has 18 heavy (non-hydrogen) atoms. The molecule has 0 aliphatic rings. The molecule has 0 atom stereocenters. The van der Waals surface area contributed by atoms with Gasteiger partial charge in [-0.25, -0.2) is 0 Å². The molecule has 0 fully saturated rings. The van der Waals surface area contributed by atoms with Crippen LogP contribution in [-0.2, 0) is 0 Å². The van der Waals surface area contributed by atoms with Gasteiger partial charge < -0.3 is 9.47 Å². The molecular weight excluding hydrogens is 228 g/mol. The monoisotopic (exact) mass is 240 g/mol. The van der Waals surface area contributed by atoms with E-state index in [4.69, 9.17) is 14.7 Å². The third-order valence-corrected chi connectivity index (χ3v) is 2.58. The number of ether oxygens (including phenoxy) is 2. The van der Waals surface area contributed by atoms with Crippen molar-refractivity contribution in [3.63, 3.8) is 0 Å². The standard InChI is InChI=1S/C14H12N2O2/c1-17-12-6-10(8-15)5-11(7-12)13-9-16-4-3-14(13)18-2/h3-7,9H,1-2H3. The summed E-state index contributed by atoms with van der Waals surface area (Å²) in [6.45, 7) is 0. The summed E-state index contributed by atoms with van der Waals surface area (Å²) in [6.07, 6.45) is 3.36. The first-order chi connectivity index (χ1) is 8.78. The van der Waals surface area contributed by atoms with Crippen molar-refractivity contribution in [3.8, 4) is 28.7 Å². The van der Waals surface area contributed by atoms with Crippen molar-refractivity contribution in [1.82, 2.24) is 4.98 Å². The normalized spacial score (nSPS) is 9.61. The minimum absolute atomic E-state index is 0.537. The van der Waals surface area contributed by atoms with Gasteiger partial charge in [0.25, 0.3) is 0 Å². The molecule has 0 saturated carbocycles. The van der Waals surface area contributed by atoms with E-state index in [0.29, 0.717) is 17.1 Å². The predicted molar refractivity (Wildman–Crippen MR) is 67.5 cm³/mol. The van der Waals surface area contributed by atoms with Crippen molar-refractivity contribution in [2.24, 2.45) is 0 Å². The van der Waals surface area contributed by atoms with Gasteiger partial charge in [0.15, 0.2) is 0 Å². The second kappa shape index (κ2) is 5.19. The van der Waals surface area contributed by atoms with Crippen LogP contribution in [0.15, 0.2) is 36.7 Å². The predicted octanol–water partition coefficient (Wildman–Crippen LogP) is 2.64. The third kappa shape index (κ3) is 2.25. The van der Waals surface area contributed by atoms with E-state index in [-0.39, 0.29) is 0 Å². The van der Waals surface area contributed by atoms with Gasteiger partial charge in [0.1, 0.15) is 11.5 Å². The van der Waals surface area contributed by atoms with Crippen LogP contribution in [0, 0.1) is 11.3 Å². The molecule has 0 bridgehead atoms. The second-order valence-corrected chi connectivity index (χ2v) is 3.64. The summed E-state index contributed by atoms with van der Waals surface area (Å²) in [6, 6.07) is 9.20. The Labute approximate surface area is 105 Å². The minimum Gasteiger partial charge on any atom is -0.497 e. The van der Waals surface area contributed by atoms with E-state index >= 15 is 0 Å². The van der Waals surface area contributed by atoms with Crippen molar-refractivity contribution in [1.29, 1.82) is 5.26 Å². The van der Waals surface area contributed by atoms with Gasteiger partial charge >= 0.3 is 0 Å². The number of hydrogen-bond donors (Lipinski definition) is 0. The van der Waals surface area contributed by atoms with Gasteiger partial charge in [-0.05, 0) is 29.8 Å². The Hall–Kier alpha value is -2.54. The maximum Gasteiger partial charge on any atom is 0.129 e. The van der Waals surface area contributed by atoms with Crippen molar-refractivity contribution < 1.29 is 9.47 Å². The highest BCUT2D eigenvalue weighted by Gasteiger charge is 2.08. The largest absolute Gasteiger partial charge is 0.497 e. The van der Waals surface area contributed by atoms with Gasteiger partial charge in [0, 0.05) is 18.0 Å². The Kier molecular flexibility index (Phi) is 3.44. The summed E-state index contributed by atoms with van der Waals surface area (Å²) in [5.74, 6) is 1.34. The second-order valence-electron chi connectivity index (χ2n) is 3.64. The Morgan fingerprint density at radius 1 is 1.17 bits per heavy atom. The summed E-state index contributed by atoms with van der Waals surface area (Å²) in [4.78, 5) is 4.08. The summed E-state index contributed by atoms with van der Waals surface area (Å²) < 4.78 is 10.5. The zero-order chi connectivity index (χ0) is 13.0. The van der Waals surface area contributed by atoms with Gasteiger partial charge in [-0.15, -0.1) is 0 Å². The molecule has 0 aliphatic heterocycles. The van der Waals surface area contributed by atoms with Gasteiger partial charge in [-0.1, -0.05) is 0 Å². The first-order valence-electron chi connectivity index (χ1n) is 5.36. The molecule has 0 saturated heterocycles. The van der Waals surface area contributed by atoms with Crippen LogP contribution < -0.4 is 9.47 Å². The Bertz CT molecular complexity index is 603. The van der Waals surface area contributed by atoms with E-state index < -0.39 is 0 Å². The number of benzene rings is 1. The van der Waals surface area contributed by atoms with Crippen molar-refractivity contribution in [2.75, 3.05) is 14.2 Å². The average Bonchev–Trinajstić information content (AvgIpc) is 2.46. The van der Waals surface area contributed by atoms with Gasteiger partial charge in [-0.3, -0.25) is 4.98 Å².